The van der Waals surface area contributed by atoms with Crippen LogP contribution in [-0.2, 0) is 4.74 Å². The van der Waals surface area contributed by atoms with Crippen LogP contribution in [-0.4, -0.2) is 38.2 Å². The van der Waals surface area contributed by atoms with Crippen molar-refractivity contribution in [3.63, 3.8) is 0 Å². The van der Waals surface area contributed by atoms with Crippen LogP contribution in [0.1, 0.15) is 11.7 Å². The highest BCUT2D eigenvalue weighted by molar-refractivity contribution is 5.76. The van der Waals surface area contributed by atoms with Crippen molar-refractivity contribution >= 4 is 17.1 Å². The van der Waals surface area contributed by atoms with E-state index in [0.29, 0.717) is 48.1 Å². The molecule has 2 heterocycles. The van der Waals surface area contributed by atoms with E-state index in [0.717, 1.165) is 0 Å². The second-order valence-corrected chi connectivity index (χ2v) is 6.26. The van der Waals surface area contributed by atoms with Gasteiger partial charge in [-0.25, -0.2) is 0 Å². The highest BCUT2D eigenvalue weighted by Gasteiger charge is 2.32. The number of fused-ring (bicyclic) bond motifs is 1. The number of ether oxygens (including phenoxy) is 3. The number of nitrogens with zero attached hydrogens (tertiary/aromatic N) is 2. The fourth-order valence-electron chi connectivity index (χ4n) is 3.09. The van der Waals surface area contributed by atoms with Crippen LogP contribution in [0.15, 0.2) is 46.9 Å². The fraction of sp³-hybridized carbons (Fsp3) is 0.316. The number of hydrogen-bond acceptors (Lipinski definition) is 6. The van der Waals surface area contributed by atoms with Crippen LogP contribution in [0, 0.1) is 0 Å². The van der Waals surface area contributed by atoms with Crippen LogP contribution in [0.25, 0.3) is 11.1 Å². The molecular weight excluding hydrogens is 377 g/mol. The Balaban J connectivity index is 1.54. The third kappa shape index (κ3) is 3.99. The van der Waals surface area contributed by atoms with Gasteiger partial charge in [0.25, 0.3) is 6.01 Å². The Morgan fingerprint density at radius 2 is 2.00 bits per heavy atom. The topological polar surface area (TPSA) is 57.0 Å². The summed E-state index contributed by atoms with van der Waals surface area (Å²) in [7, 11) is 1.57. The van der Waals surface area contributed by atoms with Crippen LogP contribution in [0.4, 0.5) is 19.2 Å². The predicted octanol–water partition coefficient (Wildman–Crippen LogP) is 4.31. The lowest BCUT2D eigenvalue weighted by Crippen LogP contribution is -2.38. The van der Waals surface area contributed by atoms with Crippen molar-refractivity contribution in [2.24, 2.45) is 0 Å². The summed E-state index contributed by atoms with van der Waals surface area (Å²) in [5.41, 5.74) is 1.88. The lowest BCUT2D eigenvalue weighted by Gasteiger charge is -2.32. The summed E-state index contributed by atoms with van der Waals surface area (Å²) in [4.78, 5) is 6.39. The first kappa shape index (κ1) is 18.4. The van der Waals surface area contributed by atoms with Crippen LogP contribution in [0.5, 0.6) is 11.5 Å². The van der Waals surface area contributed by atoms with E-state index in [2.05, 4.69) is 9.72 Å². The molecule has 6 nitrogen and oxygen atoms in total. The van der Waals surface area contributed by atoms with Crippen molar-refractivity contribution in [3.05, 3.63) is 48.0 Å². The monoisotopic (exact) mass is 394 g/mol. The maximum Gasteiger partial charge on any atom is 0.573 e. The minimum absolute atomic E-state index is 0.278. The Labute approximate surface area is 158 Å². The molecule has 0 spiro atoms. The molecule has 1 aliphatic rings. The van der Waals surface area contributed by atoms with Gasteiger partial charge in [-0.05, 0) is 29.8 Å². The van der Waals surface area contributed by atoms with Crippen molar-refractivity contribution in [2.75, 3.05) is 31.7 Å². The van der Waals surface area contributed by atoms with Crippen LogP contribution < -0.4 is 14.4 Å². The average Bonchev–Trinajstić information content (AvgIpc) is 3.10. The molecular formula is C19H17F3N2O4. The van der Waals surface area contributed by atoms with Gasteiger partial charge in [-0.2, -0.15) is 4.98 Å². The summed E-state index contributed by atoms with van der Waals surface area (Å²) < 4.78 is 58.1. The molecule has 1 fully saturated rings. The van der Waals surface area contributed by atoms with Gasteiger partial charge in [0, 0.05) is 12.6 Å². The van der Waals surface area contributed by atoms with Crippen molar-refractivity contribution in [1.29, 1.82) is 0 Å². The zero-order chi connectivity index (χ0) is 19.7. The Hall–Kier alpha value is -2.94. The first-order valence-corrected chi connectivity index (χ1v) is 8.58. The number of hydrogen-bond donors (Lipinski definition) is 0. The summed E-state index contributed by atoms with van der Waals surface area (Å²) in [6.07, 6.45) is -5.17. The third-order valence-electron chi connectivity index (χ3n) is 4.38. The molecule has 0 bridgehead atoms. The van der Waals surface area contributed by atoms with Gasteiger partial charge < -0.3 is 23.5 Å². The molecule has 3 aromatic rings. The molecule has 1 aromatic heterocycles. The van der Waals surface area contributed by atoms with Crippen LogP contribution in [0.3, 0.4) is 0 Å². The number of alkyl halides is 3. The number of benzene rings is 2. The molecule has 1 atom stereocenters. The zero-order valence-electron chi connectivity index (χ0n) is 14.9. The van der Waals surface area contributed by atoms with Crippen LogP contribution in [0.2, 0.25) is 0 Å². The van der Waals surface area contributed by atoms with E-state index in [1.54, 1.807) is 31.4 Å². The van der Waals surface area contributed by atoms with E-state index in [-0.39, 0.29) is 5.75 Å². The number of oxazole rings is 1. The quantitative estimate of drug-likeness (QED) is 0.657. The second-order valence-electron chi connectivity index (χ2n) is 6.26. The van der Waals surface area contributed by atoms with E-state index in [9.17, 15) is 13.2 Å². The van der Waals surface area contributed by atoms with Crippen molar-refractivity contribution in [3.8, 4) is 11.5 Å². The number of anilines is 1. The van der Waals surface area contributed by atoms with E-state index < -0.39 is 12.5 Å². The number of halogens is 3. The Morgan fingerprint density at radius 3 is 2.79 bits per heavy atom. The number of aromatic nitrogens is 1. The van der Waals surface area contributed by atoms with E-state index in [4.69, 9.17) is 13.9 Å². The molecule has 1 unspecified atom stereocenters. The van der Waals surface area contributed by atoms with Gasteiger partial charge in [0.2, 0.25) is 0 Å². The standard InChI is InChI=1S/C19H17F3N2O4/c1-25-13-5-6-16-15(10-13)23-18(27-16)24-7-8-26-17(11-24)12-3-2-4-14(9-12)28-19(20,21)22/h2-6,9-10,17H,7-8,11H2,1H3. The average molecular weight is 394 g/mol. The number of methoxy groups -OCH3 is 1. The molecule has 4 rings (SSSR count). The molecule has 1 saturated heterocycles. The van der Waals surface area contributed by atoms with Gasteiger partial charge in [-0.15, -0.1) is 13.2 Å². The van der Waals surface area contributed by atoms with Gasteiger partial charge in [0.05, 0.1) is 20.3 Å². The maximum absolute atomic E-state index is 12.5. The van der Waals surface area contributed by atoms with E-state index in [1.807, 2.05) is 4.90 Å². The predicted molar refractivity (Wildman–Crippen MR) is 94.6 cm³/mol. The molecule has 0 radical (unpaired) electrons. The summed E-state index contributed by atoms with van der Waals surface area (Å²) >= 11 is 0. The van der Waals surface area contributed by atoms with Gasteiger partial charge in [0.1, 0.15) is 23.1 Å². The number of morpholine rings is 1. The Kier molecular flexibility index (Phi) is 4.76. The first-order chi connectivity index (χ1) is 13.4. The molecule has 0 saturated carbocycles. The normalized spacial score (nSPS) is 17.7. The minimum atomic E-state index is -4.74. The Bertz CT molecular complexity index is 973. The molecule has 28 heavy (non-hydrogen) atoms. The molecule has 1 aliphatic heterocycles. The van der Waals surface area contributed by atoms with Gasteiger partial charge in [-0.1, -0.05) is 12.1 Å². The van der Waals surface area contributed by atoms with Gasteiger partial charge in [-0.3, -0.25) is 0 Å². The third-order valence-corrected chi connectivity index (χ3v) is 4.38. The molecule has 2 aromatic carbocycles. The zero-order valence-corrected chi connectivity index (χ0v) is 14.9. The minimum Gasteiger partial charge on any atom is -0.497 e. The SMILES string of the molecule is COc1ccc2oc(N3CCOC(c4cccc(OC(F)(F)F)c4)C3)nc2c1. The highest BCUT2D eigenvalue weighted by atomic mass is 19.4. The van der Waals surface area contributed by atoms with Crippen LogP contribution >= 0.6 is 0 Å². The number of rotatable bonds is 4. The summed E-state index contributed by atoms with van der Waals surface area (Å²) in [5.74, 6) is 0.397. The Morgan fingerprint density at radius 1 is 1.14 bits per heavy atom. The molecule has 0 aliphatic carbocycles. The fourth-order valence-corrected chi connectivity index (χ4v) is 3.09. The van der Waals surface area contributed by atoms with Crippen molar-refractivity contribution in [2.45, 2.75) is 12.5 Å². The lowest BCUT2D eigenvalue weighted by molar-refractivity contribution is -0.274. The summed E-state index contributed by atoms with van der Waals surface area (Å²) in [6.45, 7) is 1.33. The van der Waals surface area contributed by atoms with E-state index in [1.165, 1.54) is 18.2 Å². The first-order valence-electron chi connectivity index (χ1n) is 8.58. The highest BCUT2D eigenvalue weighted by Crippen LogP contribution is 2.31. The largest absolute Gasteiger partial charge is 0.573 e. The summed E-state index contributed by atoms with van der Waals surface area (Å²) in [6, 6.07) is 11.6. The van der Waals surface area contributed by atoms with Crippen molar-refractivity contribution < 1.29 is 31.8 Å². The summed E-state index contributed by atoms with van der Waals surface area (Å²) in [5, 5.41) is 0. The smallest absolute Gasteiger partial charge is 0.497 e. The lowest BCUT2D eigenvalue weighted by atomic mass is 10.1. The molecule has 148 valence electrons. The molecule has 0 amide bonds. The van der Waals surface area contributed by atoms with E-state index >= 15 is 0 Å². The molecule has 0 N–H and O–H groups in total. The van der Waals surface area contributed by atoms with Gasteiger partial charge in [0.15, 0.2) is 5.58 Å². The van der Waals surface area contributed by atoms with Gasteiger partial charge >= 0.3 is 6.36 Å². The second kappa shape index (κ2) is 7.23. The van der Waals surface area contributed by atoms with Crippen molar-refractivity contribution in [1.82, 2.24) is 4.98 Å². The molecule has 9 heteroatoms. The maximum atomic E-state index is 12.5.